The normalized spacial score (nSPS) is 18.1. The van der Waals surface area contributed by atoms with Gasteiger partial charge in [0.05, 0.1) is 6.54 Å². The topological polar surface area (TPSA) is 81.5 Å². The molecule has 0 unspecified atom stereocenters. The molecule has 1 aromatic rings. The third-order valence-corrected chi connectivity index (χ3v) is 3.39. The van der Waals surface area contributed by atoms with Crippen molar-refractivity contribution in [1.29, 1.82) is 0 Å². The highest BCUT2D eigenvalue weighted by Crippen LogP contribution is 2.15. The van der Waals surface area contributed by atoms with Crippen molar-refractivity contribution in [1.82, 2.24) is 9.64 Å². The molecule has 0 bridgehead atoms. The minimum Gasteiger partial charge on any atom is -0.373 e. The monoisotopic (exact) mass is 253 g/mol. The van der Waals surface area contributed by atoms with E-state index in [1.165, 1.54) is 6.07 Å². The first kappa shape index (κ1) is 13.0. The Balaban J connectivity index is 1.93. The summed E-state index contributed by atoms with van der Waals surface area (Å²) < 4.78 is 5.91. The van der Waals surface area contributed by atoms with E-state index in [0.29, 0.717) is 18.2 Å². The van der Waals surface area contributed by atoms with Gasteiger partial charge in [-0.2, -0.15) is 0 Å². The fourth-order valence-corrected chi connectivity index (χ4v) is 2.26. The van der Waals surface area contributed by atoms with Crippen LogP contribution in [0.25, 0.3) is 0 Å². The standard InChI is InChI=1S/C12H19N3O3/c1-9-6-11(16)15(18-9)12(17)8-14-4-2-10(7-13)3-5-14/h6,10H,2-5,7-8,13H2,1H3. The van der Waals surface area contributed by atoms with Crippen LogP contribution in [0.4, 0.5) is 0 Å². The zero-order valence-electron chi connectivity index (χ0n) is 10.6. The third-order valence-electron chi connectivity index (χ3n) is 3.39. The van der Waals surface area contributed by atoms with Gasteiger partial charge in [-0.05, 0) is 45.3 Å². The molecule has 2 heterocycles. The Kier molecular flexibility index (Phi) is 3.98. The molecular weight excluding hydrogens is 234 g/mol. The number of aryl methyl sites for hydroxylation is 1. The lowest BCUT2D eigenvalue weighted by Crippen LogP contribution is -2.41. The maximum Gasteiger partial charge on any atom is 0.290 e. The Morgan fingerprint density at radius 3 is 2.67 bits per heavy atom. The van der Waals surface area contributed by atoms with Crippen LogP contribution < -0.4 is 11.3 Å². The van der Waals surface area contributed by atoms with Gasteiger partial charge in [-0.1, -0.05) is 0 Å². The van der Waals surface area contributed by atoms with Crippen LogP contribution in [-0.4, -0.2) is 41.7 Å². The van der Waals surface area contributed by atoms with Gasteiger partial charge >= 0.3 is 0 Å². The fourth-order valence-electron chi connectivity index (χ4n) is 2.26. The van der Waals surface area contributed by atoms with E-state index in [2.05, 4.69) is 0 Å². The molecule has 0 atom stereocenters. The highest BCUT2D eigenvalue weighted by molar-refractivity contribution is 5.79. The predicted octanol–water partition coefficient (Wildman–Crippen LogP) is 0.0606. The van der Waals surface area contributed by atoms with E-state index < -0.39 is 5.56 Å². The molecule has 0 spiro atoms. The number of hydrogen-bond donors (Lipinski definition) is 1. The first-order chi connectivity index (χ1) is 8.60. The molecule has 1 aromatic heterocycles. The van der Waals surface area contributed by atoms with E-state index in [0.717, 1.165) is 30.7 Å². The van der Waals surface area contributed by atoms with Crippen LogP contribution in [-0.2, 0) is 0 Å². The van der Waals surface area contributed by atoms with Crippen LogP contribution in [0.15, 0.2) is 15.4 Å². The number of nitrogens with two attached hydrogens (primary N) is 1. The minimum atomic E-state index is -0.394. The van der Waals surface area contributed by atoms with Gasteiger partial charge in [0.1, 0.15) is 5.76 Å². The number of nitrogens with zero attached hydrogens (tertiary/aromatic N) is 2. The maximum atomic E-state index is 11.9. The van der Waals surface area contributed by atoms with Crippen LogP contribution >= 0.6 is 0 Å². The smallest absolute Gasteiger partial charge is 0.290 e. The summed E-state index contributed by atoms with van der Waals surface area (Å²) in [5, 5.41) is 0. The molecule has 0 radical (unpaired) electrons. The lowest BCUT2D eigenvalue weighted by Gasteiger charge is -2.30. The average Bonchev–Trinajstić information content (AvgIpc) is 2.69. The second kappa shape index (κ2) is 5.49. The molecule has 1 aliphatic rings. The molecular formula is C12H19N3O3. The first-order valence-corrected chi connectivity index (χ1v) is 6.25. The summed E-state index contributed by atoms with van der Waals surface area (Å²) in [4.78, 5) is 25.4. The fraction of sp³-hybridized carbons (Fsp3) is 0.667. The number of carbonyl (C=O) groups is 1. The van der Waals surface area contributed by atoms with E-state index in [1.807, 2.05) is 4.90 Å². The lowest BCUT2D eigenvalue weighted by molar-refractivity contribution is 0.0685. The summed E-state index contributed by atoms with van der Waals surface area (Å²) in [5.74, 6) is 0.708. The molecule has 6 nitrogen and oxygen atoms in total. The van der Waals surface area contributed by atoms with Gasteiger partial charge in [0, 0.05) is 6.07 Å². The molecule has 1 saturated heterocycles. The zero-order valence-corrected chi connectivity index (χ0v) is 10.6. The molecule has 0 aliphatic carbocycles. The van der Waals surface area contributed by atoms with Crippen molar-refractivity contribution >= 4 is 5.91 Å². The van der Waals surface area contributed by atoms with Gasteiger partial charge in [-0.15, -0.1) is 4.74 Å². The highest BCUT2D eigenvalue weighted by Gasteiger charge is 2.21. The van der Waals surface area contributed by atoms with E-state index in [4.69, 9.17) is 10.3 Å². The van der Waals surface area contributed by atoms with Crippen LogP contribution in [0.1, 0.15) is 23.4 Å². The molecule has 1 aliphatic heterocycles. The Morgan fingerprint density at radius 2 is 2.17 bits per heavy atom. The van der Waals surface area contributed by atoms with E-state index in [1.54, 1.807) is 6.92 Å². The van der Waals surface area contributed by atoms with Gasteiger partial charge in [0.15, 0.2) is 0 Å². The van der Waals surface area contributed by atoms with Gasteiger partial charge in [0.25, 0.3) is 11.5 Å². The minimum absolute atomic E-state index is 0.226. The molecule has 6 heteroatoms. The quantitative estimate of drug-likeness (QED) is 0.823. The molecule has 0 amide bonds. The van der Waals surface area contributed by atoms with Crippen LogP contribution in [0, 0.1) is 12.8 Å². The predicted molar refractivity (Wildman–Crippen MR) is 66.5 cm³/mol. The number of rotatable bonds is 3. The van der Waals surface area contributed by atoms with Gasteiger partial charge in [0.2, 0.25) is 0 Å². The number of aromatic nitrogens is 1. The molecule has 1 fully saturated rings. The summed E-state index contributed by atoms with van der Waals surface area (Å²) in [6.45, 7) is 4.28. The van der Waals surface area contributed by atoms with Gasteiger partial charge in [-0.25, -0.2) is 0 Å². The third kappa shape index (κ3) is 2.88. The van der Waals surface area contributed by atoms with Crippen molar-refractivity contribution in [2.45, 2.75) is 19.8 Å². The van der Waals surface area contributed by atoms with Crippen molar-refractivity contribution in [3.63, 3.8) is 0 Å². The SMILES string of the molecule is Cc1cc(=O)n(C(=O)CN2CCC(CN)CC2)o1. The van der Waals surface area contributed by atoms with Crippen LogP contribution in [0.5, 0.6) is 0 Å². The van der Waals surface area contributed by atoms with Gasteiger partial charge < -0.3 is 10.3 Å². The summed E-state index contributed by atoms with van der Waals surface area (Å²) in [6.07, 6.45) is 2.02. The van der Waals surface area contributed by atoms with E-state index >= 15 is 0 Å². The summed E-state index contributed by atoms with van der Waals surface area (Å²) in [5.41, 5.74) is 5.22. The van der Waals surface area contributed by atoms with Crippen LogP contribution in [0.3, 0.4) is 0 Å². The number of piperidine rings is 1. The Hall–Kier alpha value is -1.40. The number of carbonyl (C=O) groups excluding carboxylic acids is 1. The van der Waals surface area contributed by atoms with E-state index in [9.17, 15) is 9.59 Å². The summed E-state index contributed by atoms with van der Waals surface area (Å²) in [7, 11) is 0. The van der Waals surface area contributed by atoms with Crippen LogP contribution in [0.2, 0.25) is 0 Å². The first-order valence-electron chi connectivity index (χ1n) is 6.25. The molecule has 0 aromatic carbocycles. The molecule has 0 saturated carbocycles. The van der Waals surface area contributed by atoms with Crippen molar-refractivity contribution in [3.8, 4) is 0 Å². The average molecular weight is 253 g/mol. The maximum absolute atomic E-state index is 11.9. The summed E-state index contributed by atoms with van der Waals surface area (Å²) in [6, 6.07) is 1.32. The number of hydrogen-bond acceptors (Lipinski definition) is 5. The second-order valence-electron chi connectivity index (χ2n) is 4.83. The van der Waals surface area contributed by atoms with Crippen molar-refractivity contribution in [2.75, 3.05) is 26.2 Å². The Bertz CT molecular complexity index is 469. The van der Waals surface area contributed by atoms with E-state index in [-0.39, 0.29) is 12.5 Å². The number of likely N-dealkylation sites (tertiary alicyclic amines) is 1. The summed E-state index contributed by atoms with van der Waals surface area (Å²) >= 11 is 0. The molecule has 18 heavy (non-hydrogen) atoms. The highest BCUT2D eigenvalue weighted by atomic mass is 16.5. The van der Waals surface area contributed by atoms with Gasteiger partial charge in [-0.3, -0.25) is 14.5 Å². The zero-order chi connectivity index (χ0) is 13.1. The lowest BCUT2D eigenvalue weighted by atomic mass is 9.97. The second-order valence-corrected chi connectivity index (χ2v) is 4.83. The van der Waals surface area contributed by atoms with Crippen molar-refractivity contribution < 1.29 is 9.32 Å². The molecule has 2 rings (SSSR count). The van der Waals surface area contributed by atoms with Crippen molar-refractivity contribution in [2.24, 2.45) is 11.7 Å². The Morgan fingerprint density at radius 1 is 1.50 bits per heavy atom. The Labute approximate surface area is 105 Å². The van der Waals surface area contributed by atoms with Crippen molar-refractivity contribution in [3.05, 3.63) is 22.2 Å². The largest absolute Gasteiger partial charge is 0.373 e. The molecule has 2 N–H and O–H groups in total. The molecule has 100 valence electrons.